The Morgan fingerprint density at radius 1 is 1.19 bits per heavy atom. The van der Waals surface area contributed by atoms with Crippen LogP contribution in [0, 0.1) is 11.2 Å². The van der Waals surface area contributed by atoms with E-state index in [9.17, 15) is 14.3 Å². The van der Waals surface area contributed by atoms with Crippen molar-refractivity contribution in [3.8, 4) is 0 Å². The van der Waals surface area contributed by atoms with Crippen molar-refractivity contribution in [1.82, 2.24) is 10.6 Å². The number of carbonyl (C=O) groups is 1. The van der Waals surface area contributed by atoms with E-state index in [1.165, 1.54) is 43.5 Å². The second kappa shape index (κ2) is 10.9. The molecule has 4 N–H and O–H groups in total. The molecule has 1 aromatic carbocycles. The summed E-state index contributed by atoms with van der Waals surface area (Å²) in [6.07, 6.45) is 6.62. The fraction of sp³-hybridized carbons (Fsp3) is 0.600. The number of nitrogens with zero attached hydrogens (tertiary/aromatic N) is 1. The molecule has 0 aliphatic heterocycles. The van der Waals surface area contributed by atoms with E-state index in [0.717, 1.165) is 25.8 Å². The summed E-state index contributed by atoms with van der Waals surface area (Å²) < 4.78 is 12.9. The van der Waals surface area contributed by atoms with Crippen molar-refractivity contribution in [2.24, 2.45) is 10.4 Å². The van der Waals surface area contributed by atoms with Crippen LogP contribution in [0.3, 0.4) is 0 Å². The van der Waals surface area contributed by atoms with Crippen molar-refractivity contribution >= 4 is 17.6 Å². The van der Waals surface area contributed by atoms with Gasteiger partial charge >= 0.3 is 0 Å². The van der Waals surface area contributed by atoms with Gasteiger partial charge in [-0.3, -0.25) is 4.79 Å². The van der Waals surface area contributed by atoms with Crippen LogP contribution in [0.1, 0.15) is 45.4 Å². The van der Waals surface area contributed by atoms with Gasteiger partial charge in [0.05, 0.1) is 0 Å². The van der Waals surface area contributed by atoms with E-state index in [4.69, 9.17) is 0 Å². The van der Waals surface area contributed by atoms with Crippen molar-refractivity contribution in [1.29, 1.82) is 0 Å². The third kappa shape index (κ3) is 7.17. The first kappa shape index (κ1) is 21.2. The maximum Gasteiger partial charge on any atom is 0.246 e. The molecule has 1 fully saturated rings. The summed E-state index contributed by atoms with van der Waals surface area (Å²) in [7, 11) is 0. The predicted octanol–water partition coefficient (Wildman–Crippen LogP) is 2.65. The van der Waals surface area contributed by atoms with Crippen molar-refractivity contribution in [2.45, 2.75) is 45.4 Å². The maximum absolute atomic E-state index is 12.9. The van der Waals surface area contributed by atoms with Gasteiger partial charge in [0.25, 0.3) is 0 Å². The first-order valence-electron chi connectivity index (χ1n) is 9.75. The van der Waals surface area contributed by atoms with E-state index < -0.39 is 0 Å². The topological polar surface area (TPSA) is 85.8 Å². The summed E-state index contributed by atoms with van der Waals surface area (Å²) in [5, 5.41) is 18.6. The zero-order valence-electron chi connectivity index (χ0n) is 16.1. The highest BCUT2D eigenvalue weighted by molar-refractivity contribution is 5.94. The molecule has 6 nitrogen and oxygen atoms in total. The van der Waals surface area contributed by atoms with Gasteiger partial charge in [-0.15, -0.1) is 0 Å². The van der Waals surface area contributed by atoms with Gasteiger partial charge in [-0.2, -0.15) is 0 Å². The van der Waals surface area contributed by atoms with Crippen LogP contribution in [0.4, 0.5) is 10.1 Å². The molecule has 7 heteroatoms. The molecular weight excluding hydrogens is 347 g/mol. The van der Waals surface area contributed by atoms with Crippen LogP contribution in [0.15, 0.2) is 29.3 Å². The Bertz CT molecular complexity index is 607. The SMILES string of the molecule is CCNC(=NCC(=O)Nc1ccc(F)cc1)NCC1(CCO)CCCCC1. The molecule has 1 aliphatic rings. The Hall–Kier alpha value is -2.15. The molecule has 1 aliphatic carbocycles. The summed E-state index contributed by atoms with van der Waals surface area (Å²) in [6, 6.07) is 5.63. The number of carbonyl (C=O) groups excluding carboxylic acids is 1. The minimum absolute atomic E-state index is 0.0281. The minimum atomic E-state index is -0.343. The Labute approximate surface area is 160 Å². The number of aliphatic hydroxyl groups is 1. The maximum atomic E-state index is 12.9. The van der Waals surface area contributed by atoms with Gasteiger partial charge < -0.3 is 21.1 Å². The molecule has 2 rings (SSSR count). The molecule has 0 radical (unpaired) electrons. The molecule has 1 aromatic rings. The normalized spacial score (nSPS) is 16.6. The number of halogens is 1. The van der Waals surface area contributed by atoms with Crippen molar-refractivity contribution in [3.05, 3.63) is 30.1 Å². The number of aliphatic hydroxyl groups excluding tert-OH is 1. The monoisotopic (exact) mass is 378 g/mol. The van der Waals surface area contributed by atoms with E-state index >= 15 is 0 Å². The summed E-state index contributed by atoms with van der Waals surface area (Å²) in [6.45, 7) is 3.56. The number of anilines is 1. The van der Waals surface area contributed by atoms with Crippen LogP contribution in [-0.2, 0) is 4.79 Å². The average Bonchev–Trinajstić information content (AvgIpc) is 2.67. The molecule has 27 heavy (non-hydrogen) atoms. The van der Waals surface area contributed by atoms with Gasteiger partial charge in [0.2, 0.25) is 5.91 Å². The lowest BCUT2D eigenvalue weighted by Gasteiger charge is -2.37. The highest BCUT2D eigenvalue weighted by Crippen LogP contribution is 2.38. The van der Waals surface area contributed by atoms with Crippen LogP contribution < -0.4 is 16.0 Å². The molecule has 0 bridgehead atoms. The number of rotatable bonds is 8. The molecule has 0 spiro atoms. The van der Waals surface area contributed by atoms with Crippen molar-refractivity contribution in [2.75, 3.05) is 31.6 Å². The third-order valence-corrected chi connectivity index (χ3v) is 5.04. The fourth-order valence-electron chi connectivity index (χ4n) is 3.55. The average molecular weight is 378 g/mol. The zero-order chi connectivity index (χ0) is 19.5. The van der Waals surface area contributed by atoms with E-state index in [0.29, 0.717) is 18.2 Å². The Morgan fingerprint density at radius 2 is 1.89 bits per heavy atom. The molecule has 0 atom stereocenters. The van der Waals surface area contributed by atoms with Gasteiger partial charge in [0, 0.05) is 25.4 Å². The lowest BCUT2D eigenvalue weighted by atomic mass is 9.72. The van der Waals surface area contributed by atoms with Crippen molar-refractivity contribution in [3.63, 3.8) is 0 Å². The lowest BCUT2D eigenvalue weighted by molar-refractivity contribution is -0.114. The largest absolute Gasteiger partial charge is 0.396 e. The first-order chi connectivity index (χ1) is 13.1. The van der Waals surface area contributed by atoms with Gasteiger partial charge in [0.1, 0.15) is 12.4 Å². The van der Waals surface area contributed by atoms with Crippen LogP contribution in [0.2, 0.25) is 0 Å². The van der Waals surface area contributed by atoms with Crippen LogP contribution in [-0.4, -0.2) is 43.2 Å². The van der Waals surface area contributed by atoms with E-state index in [1.807, 2.05) is 6.92 Å². The lowest BCUT2D eigenvalue weighted by Crippen LogP contribution is -2.45. The van der Waals surface area contributed by atoms with Crippen LogP contribution in [0.25, 0.3) is 0 Å². The van der Waals surface area contributed by atoms with Gasteiger partial charge in [-0.1, -0.05) is 19.3 Å². The molecule has 1 amide bonds. The molecule has 0 heterocycles. The number of hydrogen-bond donors (Lipinski definition) is 4. The number of hydrogen-bond acceptors (Lipinski definition) is 3. The van der Waals surface area contributed by atoms with Crippen LogP contribution >= 0.6 is 0 Å². The van der Waals surface area contributed by atoms with Gasteiger partial charge in [0.15, 0.2) is 5.96 Å². The highest BCUT2D eigenvalue weighted by atomic mass is 19.1. The van der Waals surface area contributed by atoms with E-state index in [2.05, 4.69) is 20.9 Å². The Morgan fingerprint density at radius 3 is 2.52 bits per heavy atom. The smallest absolute Gasteiger partial charge is 0.246 e. The van der Waals surface area contributed by atoms with Crippen LogP contribution in [0.5, 0.6) is 0 Å². The van der Waals surface area contributed by atoms with Crippen molar-refractivity contribution < 1.29 is 14.3 Å². The summed E-state index contributed by atoms with van der Waals surface area (Å²) >= 11 is 0. The predicted molar refractivity (Wildman–Crippen MR) is 106 cm³/mol. The second-order valence-electron chi connectivity index (χ2n) is 7.14. The van der Waals surface area contributed by atoms with Gasteiger partial charge in [-0.05, 0) is 55.9 Å². The third-order valence-electron chi connectivity index (χ3n) is 5.04. The summed E-state index contributed by atoms with van der Waals surface area (Å²) in [5.41, 5.74) is 0.637. The van der Waals surface area contributed by atoms with E-state index in [-0.39, 0.29) is 30.3 Å². The quantitative estimate of drug-likeness (QED) is 0.414. The number of aliphatic imine (C=N–C) groups is 1. The number of benzene rings is 1. The zero-order valence-corrected chi connectivity index (χ0v) is 16.1. The fourth-order valence-corrected chi connectivity index (χ4v) is 3.55. The molecule has 1 saturated carbocycles. The molecular formula is C20H31FN4O2. The first-order valence-corrected chi connectivity index (χ1v) is 9.75. The highest BCUT2D eigenvalue weighted by Gasteiger charge is 2.31. The molecule has 150 valence electrons. The Kier molecular flexibility index (Phi) is 8.51. The number of guanidine groups is 1. The van der Waals surface area contributed by atoms with Gasteiger partial charge in [-0.25, -0.2) is 9.38 Å². The number of nitrogens with one attached hydrogen (secondary N) is 3. The summed E-state index contributed by atoms with van der Waals surface area (Å²) in [5.74, 6) is -0.0135. The standard InChI is InChI=1S/C20H31FN4O2/c1-2-22-19(24-15-20(12-13-26)10-4-3-5-11-20)23-14-18(27)25-17-8-6-16(21)7-9-17/h6-9,26H,2-5,10-15H2,1H3,(H,25,27)(H2,22,23,24). The summed E-state index contributed by atoms with van der Waals surface area (Å²) in [4.78, 5) is 16.4. The Balaban J connectivity index is 1.90. The molecule has 0 aromatic heterocycles. The van der Waals surface area contributed by atoms with E-state index in [1.54, 1.807) is 0 Å². The molecule has 0 saturated heterocycles. The second-order valence-corrected chi connectivity index (χ2v) is 7.14. The minimum Gasteiger partial charge on any atom is -0.396 e. The number of amides is 1. The molecule has 0 unspecified atom stereocenters.